The van der Waals surface area contributed by atoms with Gasteiger partial charge in [-0.25, -0.2) is 13.2 Å². The Labute approximate surface area is 102 Å². The van der Waals surface area contributed by atoms with Crippen LogP contribution in [0.5, 0.6) is 0 Å². The fourth-order valence-corrected chi connectivity index (χ4v) is 1.37. The lowest BCUT2D eigenvalue weighted by atomic mass is 10.0. The normalized spacial score (nSPS) is 10.2. The molecular weight excluding hydrogens is 249 g/mol. The van der Waals surface area contributed by atoms with Gasteiger partial charge >= 0.3 is 5.97 Å². The van der Waals surface area contributed by atoms with Crippen LogP contribution in [0.2, 0.25) is 0 Å². The first-order valence-electron chi connectivity index (χ1n) is 5.20. The van der Waals surface area contributed by atoms with E-state index in [1.165, 1.54) is 7.11 Å². The molecule has 0 radical (unpaired) electrons. The minimum absolute atomic E-state index is 0.00748. The Morgan fingerprint density at radius 3 is 2.28 bits per heavy atom. The zero-order valence-corrected chi connectivity index (χ0v) is 9.63. The third kappa shape index (κ3) is 3.58. The van der Waals surface area contributed by atoms with E-state index in [9.17, 15) is 22.8 Å². The Bertz CT molecular complexity index is 472. The van der Waals surface area contributed by atoms with Gasteiger partial charge in [-0.15, -0.1) is 0 Å². The van der Waals surface area contributed by atoms with E-state index in [2.05, 4.69) is 4.74 Å². The van der Waals surface area contributed by atoms with E-state index < -0.39 is 34.8 Å². The van der Waals surface area contributed by atoms with Crippen LogP contribution in [-0.2, 0) is 9.53 Å². The maximum Gasteiger partial charge on any atom is 0.305 e. The Hall–Kier alpha value is -1.85. The third-order valence-electron chi connectivity index (χ3n) is 2.32. The van der Waals surface area contributed by atoms with Crippen LogP contribution in [0.3, 0.4) is 0 Å². The summed E-state index contributed by atoms with van der Waals surface area (Å²) in [6.07, 6.45) is 0.0224. The number of Topliss-reactive ketones (excluding diaryl/α,β-unsaturated/α-hetero) is 1. The zero-order chi connectivity index (χ0) is 13.7. The van der Waals surface area contributed by atoms with Crippen molar-refractivity contribution in [1.29, 1.82) is 0 Å². The molecule has 0 amide bonds. The van der Waals surface area contributed by atoms with Crippen molar-refractivity contribution in [2.75, 3.05) is 7.11 Å². The van der Waals surface area contributed by atoms with E-state index in [-0.39, 0.29) is 19.3 Å². The highest BCUT2D eigenvalue weighted by molar-refractivity contribution is 5.96. The number of ketones is 1. The number of benzene rings is 1. The highest BCUT2D eigenvalue weighted by atomic mass is 19.2. The van der Waals surface area contributed by atoms with Gasteiger partial charge in [-0.2, -0.15) is 0 Å². The molecule has 0 aromatic heterocycles. The number of carbonyl (C=O) groups is 2. The quantitative estimate of drug-likeness (QED) is 0.464. The van der Waals surface area contributed by atoms with Crippen molar-refractivity contribution in [2.45, 2.75) is 19.3 Å². The summed E-state index contributed by atoms with van der Waals surface area (Å²) in [7, 11) is 1.21. The van der Waals surface area contributed by atoms with Gasteiger partial charge < -0.3 is 4.74 Å². The van der Waals surface area contributed by atoms with Crippen LogP contribution >= 0.6 is 0 Å². The van der Waals surface area contributed by atoms with Crippen LogP contribution in [0, 0.1) is 17.5 Å². The topological polar surface area (TPSA) is 43.4 Å². The fourth-order valence-electron chi connectivity index (χ4n) is 1.37. The summed E-state index contributed by atoms with van der Waals surface area (Å²) < 4.78 is 43.1. The van der Waals surface area contributed by atoms with Gasteiger partial charge in [0.15, 0.2) is 17.4 Å². The summed E-state index contributed by atoms with van der Waals surface area (Å²) in [6.45, 7) is 0. The molecule has 0 N–H and O–H groups in total. The van der Waals surface area contributed by atoms with E-state index in [0.717, 1.165) is 0 Å². The lowest BCUT2D eigenvalue weighted by molar-refractivity contribution is -0.140. The Morgan fingerprint density at radius 1 is 1.06 bits per heavy atom. The molecule has 18 heavy (non-hydrogen) atoms. The number of methoxy groups -OCH3 is 1. The Morgan fingerprint density at radius 2 is 1.67 bits per heavy atom. The molecule has 1 aromatic carbocycles. The fraction of sp³-hybridized carbons (Fsp3) is 0.333. The minimum Gasteiger partial charge on any atom is -0.469 e. The molecule has 3 nitrogen and oxygen atoms in total. The molecule has 0 saturated heterocycles. The van der Waals surface area contributed by atoms with Gasteiger partial charge in [0, 0.05) is 18.9 Å². The SMILES string of the molecule is COC(=O)CCCC(=O)c1cc(F)c(F)cc1F. The van der Waals surface area contributed by atoms with E-state index in [0.29, 0.717) is 12.1 Å². The first-order valence-corrected chi connectivity index (χ1v) is 5.20. The van der Waals surface area contributed by atoms with E-state index in [4.69, 9.17) is 0 Å². The van der Waals surface area contributed by atoms with E-state index >= 15 is 0 Å². The highest BCUT2D eigenvalue weighted by Crippen LogP contribution is 2.16. The molecule has 1 rings (SSSR count). The number of esters is 1. The molecule has 1 aromatic rings. The van der Waals surface area contributed by atoms with Gasteiger partial charge in [0.2, 0.25) is 0 Å². The van der Waals surface area contributed by atoms with Crippen LogP contribution in [0.15, 0.2) is 12.1 Å². The highest BCUT2D eigenvalue weighted by Gasteiger charge is 2.16. The van der Waals surface area contributed by atoms with Crippen molar-refractivity contribution in [3.8, 4) is 0 Å². The number of hydrogen-bond acceptors (Lipinski definition) is 3. The van der Waals surface area contributed by atoms with Crippen molar-refractivity contribution in [3.05, 3.63) is 35.1 Å². The van der Waals surface area contributed by atoms with Crippen LogP contribution in [0.4, 0.5) is 13.2 Å². The molecule has 0 heterocycles. The van der Waals surface area contributed by atoms with Gasteiger partial charge in [-0.05, 0) is 12.5 Å². The number of ether oxygens (including phenoxy) is 1. The molecule has 0 aliphatic rings. The second-order valence-electron chi connectivity index (χ2n) is 3.60. The monoisotopic (exact) mass is 260 g/mol. The van der Waals surface area contributed by atoms with E-state index in [1.807, 2.05) is 0 Å². The predicted molar refractivity (Wildman–Crippen MR) is 56.5 cm³/mol. The standard InChI is InChI=1S/C12H11F3O3/c1-18-12(17)4-2-3-11(16)7-5-9(14)10(15)6-8(7)13/h5-6H,2-4H2,1H3. The van der Waals surface area contributed by atoms with Crippen LogP contribution < -0.4 is 0 Å². The third-order valence-corrected chi connectivity index (χ3v) is 2.32. The van der Waals surface area contributed by atoms with Crippen LogP contribution in [0.25, 0.3) is 0 Å². The first kappa shape index (κ1) is 14.2. The van der Waals surface area contributed by atoms with Gasteiger partial charge in [-0.3, -0.25) is 9.59 Å². The Balaban J connectivity index is 2.67. The van der Waals surface area contributed by atoms with Gasteiger partial charge in [0.05, 0.1) is 12.7 Å². The zero-order valence-electron chi connectivity index (χ0n) is 9.63. The molecule has 0 fully saturated rings. The van der Waals surface area contributed by atoms with Gasteiger partial charge in [0.1, 0.15) is 5.82 Å². The maximum atomic E-state index is 13.2. The molecule has 0 aliphatic heterocycles. The van der Waals surface area contributed by atoms with Crippen molar-refractivity contribution in [1.82, 2.24) is 0 Å². The second-order valence-corrected chi connectivity index (χ2v) is 3.60. The summed E-state index contributed by atoms with van der Waals surface area (Å²) in [6, 6.07) is 0.841. The maximum absolute atomic E-state index is 13.2. The van der Waals surface area contributed by atoms with Crippen LogP contribution in [-0.4, -0.2) is 18.9 Å². The summed E-state index contributed by atoms with van der Waals surface area (Å²) >= 11 is 0. The van der Waals surface area contributed by atoms with Crippen molar-refractivity contribution in [3.63, 3.8) is 0 Å². The average Bonchev–Trinajstić information content (AvgIpc) is 2.33. The number of hydrogen-bond donors (Lipinski definition) is 0. The summed E-state index contributed by atoms with van der Waals surface area (Å²) in [5.41, 5.74) is -0.515. The van der Waals surface area contributed by atoms with Crippen molar-refractivity contribution < 1.29 is 27.5 Å². The molecule has 0 spiro atoms. The summed E-state index contributed by atoms with van der Waals surface area (Å²) in [5.74, 6) is -4.92. The summed E-state index contributed by atoms with van der Waals surface area (Å²) in [5, 5.41) is 0. The van der Waals surface area contributed by atoms with Crippen molar-refractivity contribution in [2.24, 2.45) is 0 Å². The molecule has 0 bridgehead atoms. The molecule has 98 valence electrons. The molecule has 0 atom stereocenters. The average molecular weight is 260 g/mol. The Kier molecular flexibility index (Phi) is 4.88. The van der Waals surface area contributed by atoms with Gasteiger partial charge in [-0.1, -0.05) is 0 Å². The predicted octanol–water partition coefficient (Wildman–Crippen LogP) is 2.63. The van der Waals surface area contributed by atoms with Gasteiger partial charge in [0.25, 0.3) is 0 Å². The molecular formula is C12H11F3O3. The number of halogens is 3. The van der Waals surface area contributed by atoms with Crippen molar-refractivity contribution >= 4 is 11.8 Å². The van der Waals surface area contributed by atoms with Crippen LogP contribution in [0.1, 0.15) is 29.6 Å². The number of rotatable bonds is 5. The lowest BCUT2D eigenvalue weighted by Crippen LogP contribution is -2.06. The van der Waals surface area contributed by atoms with E-state index in [1.54, 1.807) is 0 Å². The smallest absolute Gasteiger partial charge is 0.305 e. The lowest BCUT2D eigenvalue weighted by Gasteiger charge is -2.03. The molecule has 0 saturated carbocycles. The first-order chi connectivity index (χ1) is 8.45. The summed E-state index contributed by atoms with van der Waals surface area (Å²) in [4.78, 5) is 22.3. The largest absolute Gasteiger partial charge is 0.469 e. The molecule has 0 unspecified atom stereocenters. The number of carbonyl (C=O) groups excluding carboxylic acids is 2. The second kappa shape index (κ2) is 6.18. The molecule has 6 heteroatoms. The minimum atomic E-state index is -1.35. The molecule has 0 aliphatic carbocycles.